The van der Waals surface area contributed by atoms with E-state index in [4.69, 9.17) is 0 Å². The first kappa shape index (κ1) is 18.0. The van der Waals surface area contributed by atoms with Crippen molar-refractivity contribution in [2.45, 2.75) is 24.8 Å². The third-order valence-electron chi connectivity index (χ3n) is 2.57. The zero-order chi connectivity index (χ0) is 15.7. The van der Waals surface area contributed by atoms with Crippen LogP contribution in [0, 0.1) is 0 Å². The van der Waals surface area contributed by atoms with Crippen molar-refractivity contribution in [2.24, 2.45) is 0 Å². The fourth-order valence-electron chi connectivity index (χ4n) is 1.60. The summed E-state index contributed by atoms with van der Waals surface area (Å²) in [4.78, 5) is 0.145. The topological polar surface area (TPSA) is 67.4 Å². The van der Waals surface area contributed by atoms with Gasteiger partial charge in [0.2, 0.25) is 10.0 Å². The minimum Gasteiger partial charge on any atom is -0.374 e. The van der Waals surface area contributed by atoms with Crippen LogP contribution in [0.25, 0.3) is 0 Å². The number of sulfonamides is 1. The molecule has 2 N–H and O–H groups in total. The monoisotopic (exact) mass is 322 g/mol. The summed E-state index contributed by atoms with van der Waals surface area (Å²) >= 11 is 0. The molecule has 21 heavy (non-hydrogen) atoms. The van der Waals surface area contributed by atoms with Crippen LogP contribution in [0.4, 0.5) is 8.78 Å². The Morgan fingerprint density at radius 3 is 2.76 bits per heavy atom. The van der Waals surface area contributed by atoms with Crippen LogP contribution < -0.4 is 10.0 Å². The maximum absolute atomic E-state index is 12.0. The van der Waals surface area contributed by atoms with Crippen molar-refractivity contribution >= 4 is 10.0 Å². The fourth-order valence-corrected chi connectivity index (χ4v) is 2.68. The van der Waals surface area contributed by atoms with Gasteiger partial charge in [-0.15, -0.1) is 0 Å². The molecule has 1 rings (SSSR count). The molecule has 120 valence electrons. The van der Waals surface area contributed by atoms with Crippen LogP contribution in [0.2, 0.25) is 0 Å². The van der Waals surface area contributed by atoms with Gasteiger partial charge in [-0.3, -0.25) is 0 Å². The van der Waals surface area contributed by atoms with Gasteiger partial charge in [0, 0.05) is 13.1 Å². The zero-order valence-corrected chi connectivity index (χ0v) is 12.6. The molecule has 0 aliphatic heterocycles. The second-order valence-corrected chi connectivity index (χ2v) is 6.06. The Labute approximate surface area is 123 Å². The summed E-state index contributed by atoms with van der Waals surface area (Å²) < 4.78 is 54.6. The highest BCUT2D eigenvalue weighted by Gasteiger charge is 2.13. The number of rotatable bonds is 10. The maximum atomic E-state index is 12.0. The lowest BCUT2D eigenvalue weighted by Gasteiger charge is -2.09. The molecule has 0 radical (unpaired) electrons. The summed E-state index contributed by atoms with van der Waals surface area (Å²) in [5.74, 6) is 0. The van der Waals surface area contributed by atoms with Crippen LogP contribution in [0.1, 0.15) is 12.5 Å². The first-order valence-electron chi connectivity index (χ1n) is 6.61. The van der Waals surface area contributed by atoms with Gasteiger partial charge >= 0.3 is 0 Å². The van der Waals surface area contributed by atoms with E-state index in [-0.39, 0.29) is 18.0 Å². The maximum Gasteiger partial charge on any atom is 0.261 e. The van der Waals surface area contributed by atoms with E-state index < -0.39 is 23.1 Å². The van der Waals surface area contributed by atoms with E-state index >= 15 is 0 Å². The molecule has 0 amide bonds. The number of ether oxygens (including phenoxy) is 1. The molecule has 0 saturated heterocycles. The van der Waals surface area contributed by atoms with E-state index in [9.17, 15) is 17.2 Å². The molecular formula is C13H20F2N2O3S. The molecule has 5 nitrogen and oxygen atoms in total. The minimum absolute atomic E-state index is 0.0491. The predicted octanol–water partition coefficient (Wildman–Crippen LogP) is 1.36. The third kappa shape index (κ3) is 6.94. The van der Waals surface area contributed by atoms with Crippen molar-refractivity contribution in [3.8, 4) is 0 Å². The van der Waals surface area contributed by atoms with Gasteiger partial charge < -0.3 is 10.1 Å². The van der Waals surface area contributed by atoms with E-state index in [0.717, 1.165) is 12.1 Å². The van der Waals surface area contributed by atoms with Gasteiger partial charge in [0.15, 0.2) is 0 Å². The van der Waals surface area contributed by atoms with Crippen LogP contribution >= 0.6 is 0 Å². The summed E-state index contributed by atoms with van der Waals surface area (Å²) in [6.45, 7) is 2.49. The van der Waals surface area contributed by atoms with Crippen LogP contribution in [0.3, 0.4) is 0 Å². The third-order valence-corrected chi connectivity index (χ3v) is 4.03. The smallest absolute Gasteiger partial charge is 0.261 e. The van der Waals surface area contributed by atoms with Crippen molar-refractivity contribution in [3.63, 3.8) is 0 Å². The number of benzene rings is 1. The Morgan fingerprint density at radius 2 is 2.10 bits per heavy atom. The summed E-state index contributed by atoms with van der Waals surface area (Å²) in [6.07, 6.45) is -2.55. The highest BCUT2D eigenvalue weighted by molar-refractivity contribution is 7.89. The van der Waals surface area contributed by atoms with Crippen LogP contribution in [-0.4, -0.2) is 41.1 Å². The molecule has 1 aromatic rings. The standard InChI is InChI=1S/C13H20F2N2O3S/c1-2-16-9-11-4-3-5-12(8-11)21(18,19)17-6-7-20-10-13(14)15/h3-5,8,13,16-17H,2,6-7,9-10H2,1H3. The molecule has 1 aromatic carbocycles. The summed E-state index contributed by atoms with van der Waals surface area (Å²) in [6, 6.07) is 6.55. The lowest BCUT2D eigenvalue weighted by molar-refractivity contribution is 0.0199. The van der Waals surface area contributed by atoms with Crippen molar-refractivity contribution in [1.82, 2.24) is 10.0 Å². The summed E-state index contributed by atoms with van der Waals surface area (Å²) in [5.41, 5.74) is 0.855. The number of hydrogen-bond acceptors (Lipinski definition) is 4. The van der Waals surface area contributed by atoms with E-state index in [0.29, 0.717) is 6.54 Å². The quantitative estimate of drug-likeness (QED) is 0.638. The molecule has 8 heteroatoms. The largest absolute Gasteiger partial charge is 0.374 e. The Bertz CT molecular complexity index is 524. The SMILES string of the molecule is CCNCc1cccc(S(=O)(=O)NCCOCC(F)F)c1. The van der Waals surface area contributed by atoms with Crippen molar-refractivity contribution < 1.29 is 21.9 Å². The highest BCUT2D eigenvalue weighted by atomic mass is 32.2. The second kappa shape index (κ2) is 9.04. The molecular weight excluding hydrogens is 302 g/mol. The lowest BCUT2D eigenvalue weighted by atomic mass is 10.2. The average Bonchev–Trinajstić information content (AvgIpc) is 2.44. The van der Waals surface area contributed by atoms with Gasteiger partial charge in [-0.05, 0) is 24.2 Å². The van der Waals surface area contributed by atoms with Gasteiger partial charge in [0.1, 0.15) is 6.61 Å². The van der Waals surface area contributed by atoms with Crippen LogP contribution in [-0.2, 0) is 21.3 Å². The Balaban J connectivity index is 2.53. The van der Waals surface area contributed by atoms with Crippen molar-refractivity contribution in [1.29, 1.82) is 0 Å². The number of nitrogens with one attached hydrogen (secondary N) is 2. The van der Waals surface area contributed by atoms with Crippen LogP contribution in [0.5, 0.6) is 0 Å². The van der Waals surface area contributed by atoms with Gasteiger partial charge in [-0.1, -0.05) is 19.1 Å². The fraction of sp³-hybridized carbons (Fsp3) is 0.538. The van der Waals surface area contributed by atoms with E-state index in [1.165, 1.54) is 6.07 Å². The Morgan fingerprint density at radius 1 is 1.33 bits per heavy atom. The number of halogens is 2. The molecule has 0 aliphatic carbocycles. The minimum atomic E-state index is -3.65. The zero-order valence-electron chi connectivity index (χ0n) is 11.8. The first-order valence-corrected chi connectivity index (χ1v) is 8.09. The molecule has 0 spiro atoms. The van der Waals surface area contributed by atoms with Gasteiger partial charge in [0.25, 0.3) is 6.43 Å². The van der Waals surface area contributed by atoms with Crippen LogP contribution in [0.15, 0.2) is 29.2 Å². The molecule has 0 fully saturated rings. The second-order valence-electron chi connectivity index (χ2n) is 4.29. The normalized spacial score (nSPS) is 12.0. The highest BCUT2D eigenvalue weighted by Crippen LogP contribution is 2.11. The number of alkyl halides is 2. The molecule has 0 aromatic heterocycles. The Hall–Kier alpha value is -1.09. The molecule has 0 saturated carbocycles. The summed E-state index contributed by atoms with van der Waals surface area (Å²) in [7, 11) is -3.65. The summed E-state index contributed by atoms with van der Waals surface area (Å²) in [5, 5.41) is 3.11. The van der Waals surface area contributed by atoms with E-state index in [1.54, 1.807) is 12.1 Å². The van der Waals surface area contributed by atoms with Crippen molar-refractivity contribution in [2.75, 3.05) is 26.3 Å². The van der Waals surface area contributed by atoms with E-state index in [2.05, 4.69) is 14.8 Å². The molecule has 0 heterocycles. The lowest BCUT2D eigenvalue weighted by Crippen LogP contribution is -2.28. The average molecular weight is 322 g/mol. The van der Waals surface area contributed by atoms with Crippen molar-refractivity contribution in [3.05, 3.63) is 29.8 Å². The van der Waals surface area contributed by atoms with Gasteiger partial charge in [-0.2, -0.15) is 0 Å². The van der Waals surface area contributed by atoms with Gasteiger partial charge in [-0.25, -0.2) is 21.9 Å². The molecule has 0 atom stereocenters. The first-order chi connectivity index (χ1) is 9.95. The van der Waals surface area contributed by atoms with Gasteiger partial charge in [0.05, 0.1) is 11.5 Å². The predicted molar refractivity (Wildman–Crippen MR) is 75.8 cm³/mol. The number of hydrogen-bond donors (Lipinski definition) is 2. The molecule has 0 bridgehead atoms. The molecule has 0 unspecified atom stereocenters. The molecule has 0 aliphatic rings. The van der Waals surface area contributed by atoms with E-state index in [1.807, 2.05) is 13.0 Å². The Kier molecular flexibility index (Phi) is 7.73.